The van der Waals surface area contributed by atoms with Crippen molar-refractivity contribution < 1.29 is 18.0 Å². The molecule has 0 radical (unpaired) electrons. The van der Waals surface area contributed by atoms with Gasteiger partial charge in [-0.1, -0.05) is 41.5 Å². The quantitative estimate of drug-likeness (QED) is 0.272. The molecule has 0 unspecified atom stereocenters. The Kier molecular flexibility index (Phi) is 8.58. The number of carbonyl (C=O) groups is 1. The van der Waals surface area contributed by atoms with E-state index in [1.165, 1.54) is 12.5 Å². The average molecular weight is 549 g/mol. The van der Waals surface area contributed by atoms with Crippen molar-refractivity contribution in [3.05, 3.63) is 42.1 Å². The maximum absolute atomic E-state index is 16.2. The highest BCUT2D eigenvalue weighted by atomic mass is 28.4. The van der Waals surface area contributed by atoms with E-state index in [1.807, 2.05) is 0 Å². The van der Waals surface area contributed by atoms with Gasteiger partial charge in [-0.05, 0) is 48.8 Å². The van der Waals surface area contributed by atoms with Crippen LogP contribution in [-0.4, -0.2) is 62.3 Å². The minimum Gasteiger partial charge on any atom is -0.416 e. The maximum atomic E-state index is 16.2. The van der Waals surface area contributed by atoms with Crippen molar-refractivity contribution in [1.82, 2.24) is 15.0 Å². The Morgan fingerprint density at radius 3 is 2.35 bits per heavy atom. The summed E-state index contributed by atoms with van der Waals surface area (Å²) >= 11 is 0. The standard InChI is InChI=1S/C27H45FN4O3Si2/c1-26(2,3)36(7,8)34-16-19-13-21(22(28)24(19)35-37(9,10)27(4,5)6)32-25-20(15-30-17-31-25)23(33)18-11-12-29-14-18/h11-12,14-15,17,19,21-22,24,29H,13,16H2,1-10H3,(H,30,31,32)/t19-,21-,22-,24-/m1/s1. The zero-order chi connectivity index (χ0) is 27.8. The highest BCUT2D eigenvalue weighted by Gasteiger charge is 2.50. The lowest BCUT2D eigenvalue weighted by atomic mass is 10.1. The summed E-state index contributed by atoms with van der Waals surface area (Å²) in [6, 6.07) is 1.14. The summed E-state index contributed by atoms with van der Waals surface area (Å²) in [6.45, 7) is 22.3. The lowest BCUT2D eigenvalue weighted by Gasteiger charge is -2.41. The Hall–Kier alpha value is -1.89. The van der Waals surface area contributed by atoms with Gasteiger partial charge in [0.15, 0.2) is 22.4 Å². The molecule has 0 bridgehead atoms. The molecule has 0 amide bonds. The smallest absolute Gasteiger partial charge is 0.199 e. The average Bonchev–Trinajstić information content (AvgIpc) is 3.41. The Bertz CT molecular complexity index is 1060. The summed E-state index contributed by atoms with van der Waals surface area (Å²) in [5.74, 6) is 0.0111. The number of hydrogen-bond donors (Lipinski definition) is 2. The lowest BCUT2D eigenvalue weighted by molar-refractivity contribution is 0.0551. The first-order valence-electron chi connectivity index (χ1n) is 13.1. The van der Waals surface area contributed by atoms with Crippen LogP contribution in [0, 0.1) is 5.92 Å². The molecule has 7 nitrogen and oxygen atoms in total. The third kappa shape index (κ3) is 6.58. The number of nitrogens with one attached hydrogen (secondary N) is 2. The topological polar surface area (TPSA) is 89.1 Å². The molecule has 2 heterocycles. The fourth-order valence-corrected chi connectivity index (χ4v) is 6.42. The van der Waals surface area contributed by atoms with Crippen LogP contribution in [0.3, 0.4) is 0 Å². The van der Waals surface area contributed by atoms with E-state index in [2.05, 4.69) is 88.0 Å². The molecule has 1 fully saturated rings. The van der Waals surface area contributed by atoms with Crippen molar-refractivity contribution in [2.24, 2.45) is 5.92 Å². The molecule has 1 aliphatic rings. The highest BCUT2D eigenvalue weighted by Crippen LogP contribution is 2.44. The van der Waals surface area contributed by atoms with Gasteiger partial charge in [0.1, 0.15) is 18.3 Å². The molecule has 0 spiro atoms. The Morgan fingerprint density at radius 1 is 1.14 bits per heavy atom. The number of carbonyl (C=O) groups excluding carboxylic acids is 1. The number of H-pyrrole nitrogens is 1. The Labute approximate surface area is 223 Å². The van der Waals surface area contributed by atoms with Crippen molar-refractivity contribution in [3.8, 4) is 0 Å². The predicted octanol–water partition coefficient (Wildman–Crippen LogP) is 6.59. The molecular formula is C27H45FN4O3Si2. The van der Waals surface area contributed by atoms with Crippen molar-refractivity contribution in [2.45, 2.75) is 103 Å². The molecule has 0 aromatic carbocycles. The van der Waals surface area contributed by atoms with E-state index in [4.69, 9.17) is 8.85 Å². The van der Waals surface area contributed by atoms with Gasteiger partial charge in [-0.25, -0.2) is 14.4 Å². The molecule has 1 saturated carbocycles. The number of ketones is 1. The van der Waals surface area contributed by atoms with Gasteiger partial charge in [0.05, 0.1) is 17.7 Å². The van der Waals surface area contributed by atoms with E-state index in [0.717, 1.165) is 0 Å². The van der Waals surface area contributed by atoms with Gasteiger partial charge in [-0.15, -0.1) is 0 Å². The van der Waals surface area contributed by atoms with Crippen molar-refractivity contribution in [1.29, 1.82) is 0 Å². The second-order valence-corrected chi connectivity index (χ2v) is 22.9. The summed E-state index contributed by atoms with van der Waals surface area (Å²) in [4.78, 5) is 24.3. The van der Waals surface area contributed by atoms with Crippen LogP contribution in [0.4, 0.5) is 10.2 Å². The number of anilines is 1. The first-order valence-corrected chi connectivity index (χ1v) is 19.0. The van der Waals surface area contributed by atoms with Crippen LogP contribution in [0.15, 0.2) is 31.0 Å². The molecule has 206 valence electrons. The van der Waals surface area contributed by atoms with Crippen LogP contribution in [0.2, 0.25) is 36.3 Å². The maximum Gasteiger partial charge on any atom is 0.199 e. The van der Waals surface area contributed by atoms with Crippen molar-refractivity contribution in [3.63, 3.8) is 0 Å². The summed E-state index contributed by atoms with van der Waals surface area (Å²) in [5, 5.41) is 3.26. The minimum atomic E-state index is -2.25. The number of rotatable bonds is 9. The monoisotopic (exact) mass is 548 g/mol. The van der Waals surface area contributed by atoms with Crippen LogP contribution in [-0.2, 0) is 8.85 Å². The Balaban J connectivity index is 1.87. The largest absolute Gasteiger partial charge is 0.416 e. The zero-order valence-corrected chi connectivity index (χ0v) is 26.1. The molecule has 10 heteroatoms. The predicted molar refractivity (Wildman–Crippen MR) is 152 cm³/mol. The third-order valence-corrected chi connectivity index (χ3v) is 17.5. The summed E-state index contributed by atoms with van der Waals surface area (Å²) in [7, 11) is -4.27. The lowest BCUT2D eigenvalue weighted by Crippen LogP contribution is -2.49. The number of halogens is 1. The highest BCUT2D eigenvalue weighted by molar-refractivity contribution is 6.74. The molecule has 2 aromatic rings. The molecule has 37 heavy (non-hydrogen) atoms. The molecule has 0 aliphatic heterocycles. The van der Waals surface area contributed by atoms with Gasteiger partial charge in [0, 0.05) is 36.7 Å². The van der Waals surface area contributed by atoms with Crippen LogP contribution in [0.25, 0.3) is 0 Å². The van der Waals surface area contributed by atoms with Gasteiger partial charge in [-0.3, -0.25) is 4.79 Å². The first kappa shape index (κ1) is 29.7. The summed E-state index contributed by atoms with van der Waals surface area (Å²) in [5.41, 5.74) is 0.818. The fourth-order valence-electron chi connectivity index (χ4n) is 4.00. The molecule has 1 aliphatic carbocycles. The van der Waals surface area contributed by atoms with E-state index in [-0.39, 0.29) is 21.8 Å². The number of alkyl halides is 1. The normalized spacial score (nSPS) is 23.3. The van der Waals surface area contributed by atoms with E-state index in [9.17, 15) is 4.79 Å². The number of aromatic amines is 1. The molecule has 2 aromatic heterocycles. The first-order chi connectivity index (χ1) is 16.9. The zero-order valence-electron chi connectivity index (χ0n) is 24.1. The molecule has 2 N–H and O–H groups in total. The van der Waals surface area contributed by atoms with Crippen LogP contribution in [0.5, 0.6) is 0 Å². The molecule has 0 saturated heterocycles. The SMILES string of the molecule is CC(C)(C)[Si](C)(C)OC[C@H]1C[C@@H](Nc2ncncc2C(=O)c2cc[nH]c2)[C@@H](F)[C@@H]1O[Si](C)(C)C(C)(C)C. The Morgan fingerprint density at radius 2 is 1.78 bits per heavy atom. The minimum absolute atomic E-state index is 0.0497. The van der Waals surface area contributed by atoms with Gasteiger partial charge < -0.3 is 19.2 Å². The number of hydrogen-bond acceptors (Lipinski definition) is 6. The van der Waals surface area contributed by atoms with E-state index in [1.54, 1.807) is 18.5 Å². The van der Waals surface area contributed by atoms with E-state index >= 15 is 4.39 Å². The number of nitrogens with zero attached hydrogens (tertiary/aromatic N) is 2. The number of aromatic nitrogens is 3. The van der Waals surface area contributed by atoms with Gasteiger partial charge in [0.2, 0.25) is 0 Å². The van der Waals surface area contributed by atoms with Crippen molar-refractivity contribution >= 4 is 28.2 Å². The second-order valence-electron chi connectivity index (χ2n) is 13.3. The van der Waals surface area contributed by atoms with Gasteiger partial charge in [-0.2, -0.15) is 0 Å². The second kappa shape index (κ2) is 10.7. The molecule has 3 rings (SSSR count). The molecular weight excluding hydrogens is 503 g/mol. The van der Waals surface area contributed by atoms with Crippen LogP contribution < -0.4 is 5.32 Å². The summed E-state index contributed by atoms with van der Waals surface area (Å²) < 4.78 is 29.5. The fraction of sp³-hybridized carbons (Fsp3) is 0.667. The third-order valence-electron chi connectivity index (χ3n) is 8.56. The van der Waals surface area contributed by atoms with Gasteiger partial charge >= 0.3 is 0 Å². The van der Waals surface area contributed by atoms with Gasteiger partial charge in [0.25, 0.3) is 0 Å². The van der Waals surface area contributed by atoms with E-state index < -0.39 is 35.0 Å². The van der Waals surface area contributed by atoms with Crippen molar-refractivity contribution in [2.75, 3.05) is 11.9 Å². The van der Waals surface area contributed by atoms with Crippen LogP contribution in [0.1, 0.15) is 63.9 Å². The van der Waals surface area contributed by atoms with Crippen LogP contribution >= 0.6 is 0 Å². The van der Waals surface area contributed by atoms with E-state index in [0.29, 0.717) is 30.0 Å². The summed E-state index contributed by atoms with van der Waals surface area (Å²) in [6.07, 6.45) is 4.84. The molecule has 4 atom stereocenters.